The second kappa shape index (κ2) is 23.2. The normalized spacial score (nSPS) is 11.9. The number of ketones is 1. The number of fused-ring (bicyclic) bond motifs is 4. The minimum Gasteiger partial charge on any atom is -0.290 e. The predicted octanol–water partition coefficient (Wildman–Crippen LogP) is 15.3. The molecule has 0 fully saturated rings. The van der Waals surface area contributed by atoms with E-state index in [1.165, 1.54) is 26.7 Å². The van der Waals surface area contributed by atoms with Crippen LogP contribution in [0, 0.1) is 116 Å². The van der Waals surface area contributed by atoms with Crippen LogP contribution in [0.2, 0.25) is 0 Å². The van der Waals surface area contributed by atoms with Crippen LogP contribution in [0.15, 0.2) is 170 Å². The van der Waals surface area contributed by atoms with E-state index in [0.717, 1.165) is 37.9 Å². The number of halogens is 20. The molecule has 0 aliphatic carbocycles. The van der Waals surface area contributed by atoms with Crippen molar-refractivity contribution in [2.75, 3.05) is 6.16 Å². The third-order valence-electron chi connectivity index (χ3n) is 15.6. The summed E-state index contributed by atoms with van der Waals surface area (Å²) in [6.07, 6.45) is -6.82. The molecule has 0 amide bonds. The highest BCUT2D eigenvalue weighted by molar-refractivity contribution is 7.96. The van der Waals surface area contributed by atoms with Gasteiger partial charge in [0.2, 0.25) is 5.78 Å². The molecular formula is C66H30BF20OP. The first-order valence-electron chi connectivity index (χ1n) is 26.0. The van der Waals surface area contributed by atoms with Gasteiger partial charge >= 0.3 is 0 Å². The summed E-state index contributed by atoms with van der Waals surface area (Å²) in [6, 6.07) is 60.1. The van der Waals surface area contributed by atoms with E-state index in [9.17, 15) is 52.7 Å². The molecule has 0 aromatic heterocycles. The van der Waals surface area contributed by atoms with Gasteiger partial charge in [0.25, 0.3) is 0 Å². The van der Waals surface area contributed by atoms with Gasteiger partial charge in [0.1, 0.15) is 82.0 Å². The lowest BCUT2D eigenvalue weighted by Gasteiger charge is -2.44. The highest BCUT2D eigenvalue weighted by Crippen LogP contribution is 2.56. The zero-order valence-corrected chi connectivity index (χ0v) is 45.3. The molecule has 0 unspecified atom stereocenters. The van der Waals surface area contributed by atoms with E-state index in [2.05, 4.69) is 170 Å². The Bertz CT molecular complexity index is 4330. The van der Waals surface area contributed by atoms with Gasteiger partial charge in [0, 0.05) is 5.56 Å². The zero-order valence-electron chi connectivity index (χ0n) is 44.4. The molecule has 12 aromatic carbocycles. The van der Waals surface area contributed by atoms with E-state index >= 15 is 39.9 Å². The smallest absolute Gasteiger partial charge is 0.202 e. The molecular weight excluding hydrogens is 1230 g/mol. The average Bonchev–Trinajstić information content (AvgIpc) is 0.687. The third-order valence-corrected chi connectivity index (χ3v) is 19.9. The first kappa shape index (κ1) is 61.1. The Kier molecular flexibility index (Phi) is 15.9. The van der Waals surface area contributed by atoms with Gasteiger partial charge in [-0.25, -0.2) is 87.8 Å². The number of benzene rings is 12. The summed E-state index contributed by atoms with van der Waals surface area (Å²) in [7, 11) is -2.38. The van der Waals surface area contributed by atoms with Crippen molar-refractivity contribution in [1.82, 2.24) is 0 Å². The first-order valence-corrected chi connectivity index (χ1v) is 28.0. The van der Waals surface area contributed by atoms with E-state index in [4.69, 9.17) is 0 Å². The van der Waals surface area contributed by atoms with Crippen molar-refractivity contribution < 1.29 is 92.6 Å². The molecule has 12 aromatic rings. The Balaban J connectivity index is 0.000000183. The summed E-state index contributed by atoms with van der Waals surface area (Å²) in [5.74, 6) is -71.2. The van der Waals surface area contributed by atoms with Gasteiger partial charge in [-0.15, -0.1) is 21.9 Å². The molecule has 89 heavy (non-hydrogen) atoms. The number of hydrogen-bond donors (Lipinski definition) is 0. The molecule has 1 nitrogen and oxygen atoms in total. The third kappa shape index (κ3) is 9.52. The molecule has 0 heterocycles. The minimum atomic E-state index is -7.22. The maximum atomic E-state index is 15.4. The fraction of sp³-hybridized carbons (Fsp3) is 0.0152. The predicted molar refractivity (Wildman–Crippen MR) is 300 cm³/mol. The summed E-state index contributed by atoms with van der Waals surface area (Å²) in [5.41, 5.74) is -13.5. The van der Waals surface area contributed by atoms with Crippen molar-refractivity contribution in [2.24, 2.45) is 0 Å². The highest BCUT2D eigenvalue weighted by atomic mass is 31.2. The topological polar surface area (TPSA) is 17.1 Å². The quantitative estimate of drug-likeness (QED) is 0.0254. The lowest BCUT2D eigenvalue weighted by Crippen LogP contribution is -2.81. The van der Waals surface area contributed by atoms with Gasteiger partial charge in [-0.05, 0) is 110 Å². The second-order valence-corrected chi connectivity index (χ2v) is 23.8. The Morgan fingerprint density at radius 1 is 0.258 bits per heavy atom. The Labute approximate surface area is 489 Å². The standard InChI is InChI=1S/C42H30OP.C24BF20/c43-41(29-44(36-18-4-1-5-19-36,37-20-6-2-7-21-37)38-22-8-3-9-23-38)42-39-27-32-16-12-10-14-30(32)24-34(39)26-35-25-31-15-11-13-17-33(31)28-40(35)42;26-5-1(6(27)14(35)21(42)13(5)34)25(2-7(28)15(36)22(43)16(37)8(2)29,3-9(30)17(38)23(44)18(39)10(3)31)4-11(32)19(40)24(45)20(41)12(4)33/h1-28H,29H2;/q+1;-1. The first-order chi connectivity index (χ1) is 42.4. The molecule has 0 atom stereocenters. The average molecular weight is 1260 g/mol. The summed E-state index contributed by atoms with van der Waals surface area (Å²) in [6.45, 7) is 0. The van der Waals surface area contributed by atoms with Gasteiger partial charge < -0.3 is 0 Å². The molecule has 12 rings (SSSR count). The summed E-state index contributed by atoms with van der Waals surface area (Å²) >= 11 is 0. The van der Waals surface area contributed by atoms with E-state index in [1.54, 1.807) is 0 Å². The Hall–Kier alpha value is -9.56. The lowest BCUT2D eigenvalue weighted by atomic mass is 9.12. The molecule has 0 spiro atoms. The summed E-state index contributed by atoms with van der Waals surface area (Å²) in [5, 5.41) is 12.5. The number of carbonyl (C=O) groups excluding carboxylic acids is 1. The monoisotopic (exact) mass is 1260 g/mol. The van der Waals surface area contributed by atoms with Crippen LogP contribution < -0.4 is 37.8 Å². The fourth-order valence-electron chi connectivity index (χ4n) is 11.7. The van der Waals surface area contributed by atoms with Crippen molar-refractivity contribution in [2.45, 2.75) is 0 Å². The lowest BCUT2D eigenvalue weighted by molar-refractivity contribution is 0.102. The van der Waals surface area contributed by atoms with Crippen molar-refractivity contribution in [1.29, 1.82) is 0 Å². The molecule has 0 aliphatic rings. The van der Waals surface area contributed by atoms with Gasteiger partial charge in [0.05, 0.1) is 0 Å². The minimum absolute atomic E-state index is 0.177. The second-order valence-electron chi connectivity index (χ2n) is 20.3. The maximum Gasteiger partial charge on any atom is 0.202 e. The van der Waals surface area contributed by atoms with Crippen LogP contribution in [0.1, 0.15) is 10.4 Å². The van der Waals surface area contributed by atoms with Crippen LogP contribution in [0.25, 0.3) is 43.1 Å². The molecule has 0 aliphatic heterocycles. The molecule has 0 saturated heterocycles. The fourth-order valence-corrected chi connectivity index (χ4v) is 15.8. The number of hydrogen-bond acceptors (Lipinski definition) is 1. The largest absolute Gasteiger partial charge is 0.290 e. The maximum absolute atomic E-state index is 15.4. The van der Waals surface area contributed by atoms with E-state index in [1.807, 2.05) is 0 Å². The van der Waals surface area contributed by atoms with Crippen LogP contribution in [0.3, 0.4) is 0 Å². The molecule has 23 heteroatoms. The van der Waals surface area contributed by atoms with Gasteiger partial charge in [-0.3, -0.25) is 4.79 Å². The number of Topliss-reactive ketones (excluding diaryl/α,β-unsaturated/α-hetero) is 1. The van der Waals surface area contributed by atoms with Crippen molar-refractivity contribution in [3.05, 3.63) is 292 Å². The molecule has 0 radical (unpaired) electrons. The van der Waals surface area contributed by atoms with Crippen molar-refractivity contribution in [3.8, 4) is 0 Å². The van der Waals surface area contributed by atoms with Gasteiger partial charge in [-0.2, -0.15) is 0 Å². The number of carbonyl (C=O) groups is 1. The summed E-state index contributed by atoms with van der Waals surface area (Å²) < 4.78 is 294. The van der Waals surface area contributed by atoms with E-state index in [0.29, 0.717) is 6.16 Å². The Morgan fingerprint density at radius 3 is 0.708 bits per heavy atom. The van der Waals surface area contributed by atoms with Crippen LogP contribution in [-0.4, -0.2) is 18.1 Å². The van der Waals surface area contributed by atoms with Gasteiger partial charge in [-0.1, -0.05) is 103 Å². The number of rotatable bonds is 10. The molecule has 0 saturated carbocycles. The van der Waals surface area contributed by atoms with Crippen molar-refractivity contribution in [3.63, 3.8) is 0 Å². The summed E-state index contributed by atoms with van der Waals surface area (Å²) in [4.78, 5) is 15.3. The van der Waals surface area contributed by atoms with Crippen LogP contribution in [0.5, 0.6) is 0 Å². The SMILES string of the molecule is Fc1c(F)c(F)c([B-](c2c(F)c(F)c(F)c(F)c2F)(c2c(F)c(F)c(F)c(F)c2F)c2c(F)c(F)c(F)c(F)c2F)c(F)c1F.O=C(C[P+](c1ccccc1)(c1ccccc1)c1ccccc1)c1c2cc3ccccc3cc2cc2cc3ccccc3cc12. The molecule has 448 valence electrons. The molecule has 0 bridgehead atoms. The highest BCUT2D eigenvalue weighted by Gasteiger charge is 2.53. The van der Waals surface area contributed by atoms with E-state index in [-0.39, 0.29) is 5.78 Å². The van der Waals surface area contributed by atoms with Crippen LogP contribution >= 0.6 is 7.26 Å². The Morgan fingerprint density at radius 2 is 0.461 bits per heavy atom. The van der Waals surface area contributed by atoms with Gasteiger partial charge in [0.15, 0.2) is 69.8 Å². The zero-order chi connectivity index (χ0) is 63.9. The van der Waals surface area contributed by atoms with Crippen LogP contribution in [-0.2, 0) is 0 Å². The van der Waals surface area contributed by atoms with Crippen molar-refractivity contribution >= 4 is 100 Å². The van der Waals surface area contributed by atoms with Crippen LogP contribution in [0.4, 0.5) is 87.8 Å². The van der Waals surface area contributed by atoms with E-state index < -0.39 is 152 Å². The molecule has 0 N–H and O–H groups in total.